The predicted molar refractivity (Wildman–Crippen MR) is 189 cm³/mol. The molecule has 13 heteroatoms. The van der Waals surface area contributed by atoms with Gasteiger partial charge in [0.2, 0.25) is 0 Å². The van der Waals surface area contributed by atoms with Gasteiger partial charge < -0.3 is 57.6 Å². The maximum Gasteiger partial charge on any atom is 0.161 e. The third-order valence-electron chi connectivity index (χ3n) is 13.4. The molecule has 7 rings (SSSR count). The Morgan fingerprint density at radius 3 is 2.11 bits per heavy atom. The van der Waals surface area contributed by atoms with Gasteiger partial charge in [-0.3, -0.25) is 4.79 Å². The predicted octanol–water partition coefficient (Wildman–Crippen LogP) is 4.07. The SMILES string of the molecule is CO[C@H]1C[C@H](O[C@@H]2CC3=CC[C@H]4C(=O)[C@@H](c5ccoc5C)CC[C@@H]4[C@@]3(C)C[C@H]2O)O[C@H](C)[C@H]1O[C@H]1C[C@H](O)[C@H](O[C@H]2C[C@@H](OC)[C@H](O)[C@@H](C)O2)[C@@H](C)O1. The fourth-order valence-corrected chi connectivity index (χ4v) is 10.3. The zero-order valence-electron chi connectivity index (χ0n) is 32.1. The maximum atomic E-state index is 13.8. The average Bonchev–Trinajstić information content (AvgIpc) is 3.54. The van der Waals surface area contributed by atoms with Crippen molar-refractivity contribution in [2.45, 2.75) is 178 Å². The van der Waals surface area contributed by atoms with Gasteiger partial charge in [-0.15, -0.1) is 0 Å². The molecule has 0 bridgehead atoms. The molecule has 4 heterocycles. The van der Waals surface area contributed by atoms with Crippen LogP contribution in [0, 0.1) is 24.2 Å². The Bertz CT molecular complexity index is 1430. The van der Waals surface area contributed by atoms with Crippen LogP contribution >= 0.6 is 0 Å². The maximum absolute atomic E-state index is 13.8. The lowest BCUT2D eigenvalue weighted by molar-refractivity contribution is -0.338. The number of allylic oxidation sites excluding steroid dienone is 1. The lowest BCUT2D eigenvalue weighted by atomic mass is 9.51. The van der Waals surface area contributed by atoms with Crippen molar-refractivity contribution in [1.29, 1.82) is 0 Å². The van der Waals surface area contributed by atoms with Crippen LogP contribution in [0.3, 0.4) is 0 Å². The molecule has 3 aliphatic carbocycles. The zero-order chi connectivity index (χ0) is 37.8. The highest BCUT2D eigenvalue weighted by Gasteiger charge is 2.55. The van der Waals surface area contributed by atoms with Gasteiger partial charge in [0.1, 0.15) is 29.9 Å². The topological polar surface area (TPSA) is 165 Å². The minimum atomic E-state index is -0.885. The molecule has 0 unspecified atom stereocenters. The highest BCUT2D eigenvalue weighted by molar-refractivity contribution is 5.89. The summed E-state index contributed by atoms with van der Waals surface area (Å²) in [5, 5.41) is 33.0. The van der Waals surface area contributed by atoms with Crippen LogP contribution in [0.4, 0.5) is 0 Å². The van der Waals surface area contributed by atoms with Crippen molar-refractivity contribution < 1.29 is 62.4 Å². The molecule has 0 amide bonds. The van der Waals surface area contributed by atoms with E-state index in [-0.39, 0.29) is 35.7 Å². The molecule has 0 aromatic carbocycles. The van der Waals surface area contributed by atoms with Gasteiger partial charge in [0.25, 0.3) is 0 Å². The number of hydrogen-bond donors (Lipinski definition) is 3. The molecule has 2 saturated carbocycles. The standard InChI is InChI=1S/C40H60O13/c1-19-24(12-13-47-19)25-10-11-27-26(37(25)44)9-8-23-14-30(29(42)18-40(23,27)5)51-34-17-32(46-7)39(22(4)50-34)53-33-15-28(41)38(21(3)49-33)52-35-16-31(45-6)36(43)20(2)48-35/h8,12-13,20-22,25-36,38-39,41-43H,9-11,14-18H2,1-7H3/t20-,21-,22-,25-,26-,27+,28+,29-,30-,31-,32+,33+,34+,35+,36-,38-,39-,40+/m1/s1. The number of ketones is 1. The summed E-state index contributed by atoms with van der Waals surface area (Å²) in [7, 11) is 3.17. The largest absolute Gasteiger partial charge is 0.469 e. The van der Waals surface area contributed by atoms with E-state index in [1.807, 2.05) is 26.8 Å². The zero-order valence-corrected chi connectivity index (χ0v) is 32.1. The number of rotatable bonds is 9. The van der Waals surface area contributed by atoms with Crippen molar-refractivity contribution in [3.63, 3.8) is 0 Å². The number of ether oxygens (including phenoxy) is 8. The molecule has 298 valence electrons. The first kappa shape index (κ1) is 39.5. The Hall–Kier alpha value is -1.75. The minimum absolute atomic E-state index is 0.0626. The third-order valence-corrected chi connectivity index (χ3v) is 13.4. The number of aliphatic hydroxyl groups is 3. The van der Waals surface area contributed by atoms with Gasteiger partial charge in [-0.05, 0) is 77.2 Å². The lowest BCUT2D eigenvalue weighted by Crippen LogP contribution is -2.57. The number of hydrogen-bond acceptors (Lipinski definition) is 13. The second kappa shape index (κ2) is 16.0. The Morgan fingerprint density at radius 1 is 0.792 bits per heavy atom. The fourth-order valence-electron chi connectivity index (χ4n) is 10.3. The van der Waals surface area contributed by atoms with Gasteiger partial charge in [0.05, 0.1) is 55.1 Å². The molecular formula is C40H60O13. The molecule has 53 heavy (non-hydrogen) atoms. The Morgan fingerprint density at radius 2 is 1.43 bits per heavy atom. The second-order valence-corrected chi connectivity index (χ2v) is 16.5. The molecule has 3 N–H and O–H groups in total. The number of fused-ring (bicyclic) bond motifs is 3. The van der Waals surface area contributed by atoms with Crippen LogP contribution in [-0.2, 0) is 42.7 Å². The van der Waals surface area contributed by atoms with E-state index in [0.717, 1.165) is 24.2 Å². The summed E-state index contributed by atoms with van der Waals surface area (Å²) in [6, 6.07) is 1.94. The van der Waals surface area contributed by atoms with E-state index in [1.54, 1.807) is 27.4 Å². The first-order chi connectivity index (χ1) is 25.3. The molecule has 1 aromatic heterocycles. The van der Waals surface area contributed by atoms with E-state index in [2.05, 4.69) is 13.0 Å². The third kappa shape index (κ3) is 7.70. The first-order valence-electron chi connectivity index (χ1n) is 19.6. The van der Waals surface area contributed by atoms with Gasteiger partial charge in [0.15, 0.2) is 18.9 Å². The molecule has 6 aliphatic rings. The molecule has 1 aromatic rings. The molecule has 0 spiro atoms. The molecule has 18 atom stereocenters. The van der Waals surface area contributed by atoms with Crippen LogP contribution in [0.5, 0.6) is 0 Å². The molecular weight excluding hydrogens is 688 g/mol. The summed E-state index contributed by atoms with van der Waals surface area (Å²) in [4.78, 5) is 13.8. The number of carbonyl (C=O) groups is 1. The number of methoxy groups -OCH3 is 2. The van der Waals surface area contributed by atoms with Gasteiger partial charge in [0, 0.05) is 50.9 Å². The van der Waals surface area contributed by atoms with E-state index >= 15 is 0 Å². The summed E-state index contributed by atoms with van der Waals surface area (Å²) >= 11 is 0. The average molecular weight is 749 g/mol. The van der Waals surface area contributed by atoms with E-state index in [4.69, 9.17) is 42.3 Å². The van der Waals surface area contributed by atoms with Crippen molar-refractivity contribution in [3.8, 4) is 0 Å². The fraction of sp³-hybridized carbons (Fsp3) is 0.825. The minimum Gasteiger partial charge on any atom is -0.469 e. The van der Waals surface area contributed by atoms with Crippen LogP contribution in [0.2, 0.25) is 0 Å². The number of aliphatic hydroxyl groups excluding tert-OH is 3. The van der Waals surface area contributed by atoms with E-state index in [0.29, 0.717) is 37.9 Å². The van der Waals surface area contributed by atoms with Crippen molar-refractivity contribution in [2.75, 3.05) is 14.2 Å². The Labute approximate surface area is 312 Å². The number of carbonyl (C=O) groups excluding carboxylic acids is 1. The number of furan rings is 1. The van der Waals surface area contributed by atoms with E-state index in [1.165, 1.54) is 5.57 Å². The molecule has 3 saturated heterocycles. The second-order valence-electron chi connectivity index (χ2n) is 16.5. The molecule has 13 nitrogen and oxygen atoms in total. The quantitative estimate of drug-likeness (QED) is 0.310. The highest BCUT2D eigenvalue weighted by Crippen LogP contribution is 2.58. The van der Waals surface area contributed by atoms with Crippen LogP contribution < -0.4 is 0 Å². The first-order valence-corrected chi connectivity index (χ1v) is 19.6. The van der Waals surface area contributed by atoms with Crippen molar-refractivity contribution in [2.24, 2.45) is 17.3 Å². The molecule has 0 radical (unpaired) electrons. The van der Waals surface area contributed by atoms with Crippen LogP contribution in [0.1, 0.15) is 96.3 Å². The van der Waals surface area contributed by atoms with E-state index in [9.17, 15) is 20.1 Å². The summed E-state index contributed by atoms with van der Waals surface area (Å²) in [5.41, 5.74) is 2.00. The van der Waals surface area contributed by atoms with Gasteiger partial charge in [-0.1, -0.05) is 18.6 Å². The van der Waals surface area contributed by atoms with Crippen molar-refractivity contribution >= 4 is 5.78 Å². The molecule has 3 aliphatic heterocycles. The number of Topliss-reactive ketones (excluding diaryl/α,β-unsaturated/α-hetero) is 1. The molecule has 5 fully saturated rings. The lowest BCUT2D eigenvalue weighted by Gasteiger charge is -2.54. The van der Waals surface area contributed by atoms with Crippen molar-refractivity contribution in [3.05, 3.63) is 35.3 Å². The summed E-state index contributed by atoms with van der Waals surface area (Å²) in [6.45, 7) is 9.63. The summed E-state index contributed by atoms with van der Waals surface area (Å²) in [5.74, 6) is 1.11. The van der Waals surface area contributed by atoms with Gasteiger partial charge in [-0.2, -0.15) is 0 Å². The Kier molecular flexibility index (Phi) is 11.9. The number of aryl methyl sites for hydroxylation is 1. The normalized spacial score (nSPS) is 47.8. The van der Waals surface area contributed by atoms with Gasteiger partial charge in [-0.25, -0.2) is 0 Å². The van der Waals surface area contributed by atoms with Crippen LogP contribution in [0.15, 0.2) is 28.4 Å². The van der Waals surface area contributed by atoms with E-state index < -0.39 is 79.9 Å². The summed E-state index contributed by atoms with van der Waals surface area (Å²) in [6.07, 6.45) is 0.130. The van der Waals surface area contributed by atoms with Crippen LogP contribution in [0.25, 0.3) is 0 Å². The smallest absolute Gasteiger partial charge is 0.161 e. The van der Waals surface area contributed by atoms with Gasteiger partial charge >= 0.3 is 0 Å². The highest BCUT2D eigenvalue weighted by atomic mass is 16.7. The van der Waals surface area contributed by atoms with Crippen molar-refractivity contribution in [1.82, 2.24) is 0 Å². The monoisotopic (exact) mass is 748 g/mol. The Balaban J connectivity index is 0.932. The van der Waals surface area contributed by atoms with Crippen LogP contribution in [-0.4, -0.2) is 121 Å². The summed E-state index contributed by atoms with van der Waals surface area (Å²) < 4.78 is 54.3.